The molecule has 1 aliphatic rings. The van der Waals surface area contributed by atoms with E-state index in [9.17, 15) is 0 Å². The second kappa shape index (κ2) is 7.59. The number of benzene rings is 2. The van der Waals surface area contributed by atoms with Gasteiger partial charge in [0.2, 0.25) is 0 Å². The zero-order chi connectivity index (χ0) is 16.0. The van der Waals surface area contributed by atoms with Crippen molar-refractivity contribution in [1.82, 2.24) is 4.90 Å². The number of hydrogen-bond donors (Lipinski definition) is 0. The standard InChI is InChI=1S/C19H23NO3/c1-2-22-19(17-9-5-3-6-10-17,20-13-15-21-16-14-20)23-18-11-7-4-8-12-18/h3-12H,2,13-16H2,1H3. The molecule has 2 aromatic rings. The molecule has 0 bridgehead atoms. The molecule has 0 radical (unpaired) electrons. The minimum Gasteiger partial charge on any atom is -0.445 e. The van der Waals surface area contributed by atoms with Crippen molar-refractivity contribution < 1.29 is 14.2 Å². The fourth-order valence-electron chi connectivity index (χ4n) is 2.86. The van der Waals surface area contributed by atoms with Gasteiger partial charge in [0.25, 0.3) is 0 Å². The first-order valence-corrected chi connectivity index (χ1v) is 8.11. The fraction of sp³-hybridized carbons (Fsp3) is 0.368. The fourth-order valence-corrected chi connectivity index (χ4v) is 2.86. The summed E-state index contributed by atoms with van der Waals surface area (Å²) in [7, 11) is 0. The largest absolute Gasteiger partial charge is 0.445 e. The number of nitrogens with zero attached hydrogens (tertiary/aromatic N) is 1. The minimum atomic E-state index is -0.929. The first-order chi connectivity index (χ1) is 11.3. The molecule has 0 spiro atoms. The van der Waals surface area contributed by atoms with Crippen molar-refractivity contribution in [3.05, 3.63) is 66.2 Å². The van der Waals surface area contributed by atoms with E-state index < -0.39 is 5.91 Å². The number of para-hydroxylation sites is 1. The topological polar surface area (TPSA) is 30.9 Å². The van der Waals surface area contributed by atoms with E-state index in [-0.39, 0.29) is 0 Å². The van der Waals surface area contributed by atoms with Gasteiger partial charge in [-0.05, 0) is 19.1 Å². The molecule has 0 N–H and O–H groups in total. The van der Waals surface area contributed by atoms with Crippen LogP contribution in [0.25, 0.3) is 0 Å². The number of morpholine rings is 1. The molecule has 1 unspecified atom stereocenters. The van der Waals surface area contributed by atoms with E-state index in [1.54, 1.807) is 0 Å². The van der Waals surface area contributed by atoms with Crippen molar-refractivity contribution >= 4 is 0 Å². The van der Waals surface area contributed by atoms with Gasteiger partial charge in [0, 0.05) is 18.7 Å². The highest BCUT2D eigenvalue weighted by Gasteiger charge is 2.43. The Balaban J connectivity index is 2.01. The van der Waals surface area contributed by atoms with Crippen molar-refractivity contribution in [1.29, 1.82) is 0 Å². The van der Waals surface area contributed by atoms with Crippen LogP contribution in [0.3, 0.4) is 0 Å². The van der Waals surface area contributed by atoms with E-state index in [0.717, 1.165) is 24.4 Å². The summed E-state index contributed by atoms with van der Waals surface area (Å²) in [5.74, 6) is -0.141. The third-order valence-corrected chi connectivity index (χ3v) is 3.91. The predicted molar refractivity (Wildman–Crippen MR) is 89.2 cm³/mol. The molecule has 1 aliphatic heterocycles. The van der Waals surface area contributed by atoms with Gasteiger partial charge in [-0.2, -0.15) is 0 Å². The average molecular weight is 313 g/mol. The van der Waals surface area contributed by atoms with E-state index in [4.69, 9.17) is 14.2 Å². The van der Waals surface area contributed by atoms with Crippen LogP contribution in [0.15, 0.2) is 60.7 Å². The Morgan fingerprint density at radius 1 is 0.957 bits per heavy atom. The van der Waals surface area contributed by atoms with E-state index in [1.165, 1.54) is 0 Å². The molecule has 3 rings (SSSR count). The predicted octanol–water partition coefficient (Wildman–Crippen LogP) is 3.24. The molecular formula is C19H23NO3. The smallest absolute Gasteiger partial charge is 0.301 e. The summed E-state index contributed by atoms with van der Waals surface area (Å²) in [5, 5.41) is 0. The van der Waals surface area contributed by atoms with E-state index in [0.29, 0.717) is 19.8 Å². The van der Waals surface area contributed by atoms with Gasteiger partial charge in [0.05, 0.1) is 19.8 Å². The molecule has 0 aliphatic carbocycles. The van der Waals surface area contributed by atoms with Crippen LogP contribution in [0.4, 0.5) is 0 Å². The Labute approximate surface area is 137 Å². The van der Waals surface area contributed by atoms with Crippen LogP contribution < -0.4 is 4.74 Å². The maximum atomic E-state index is 6.42. The number of ether oxygens (including phenoxy) is 3. The molecule has 23 heavy (non-hydrogen) atoms. The Hall–Kier alpha value is -1.88. The summed E-state index contributed by atoms with van der Waals surface area (Å²) >= 11 is 0. The summed E-state index contributed by atoms with van der Waals surface area (Å²) in [4.78, 5) is 2.21. The van der Waals surface area contributed by atoms with Gasteiger partial charge in [0.15, 0.2) is 0 Å². The SMILES string of the molecule is CCOC(Oc1ccccc1)(c1ccccc1)N1CCOCC1. The molecule has 1 atom stereocenters. The molecule has 1 heterocycles. The lowest BCUT2D eigenvalue weighted by Gasteiger charge is -2.44. The highest BCUT2D eigenvalue weighted by atomic mass is 16.7. The lowest BCUT2D eigenvalue weighted by Crippen LogP contribution is -2.56. The van der Waals surface area contributed by atoms with Gasteiger partial charge in [-0.25, -0.2) is 4.90 Å². The average Bonchev–Trinajstić information content (AvgIpc) is 2.64. The van der Waals surface area contributed by atoms with Crippen LogP contribution in [0.5, 0.6) is 5.75 Å². The normalized spacial score (nSPS) is 18.3. The molecule has 0 aromatic heterocycles. The molecule has 4 heteroatoms. The third kappa shape index (κ3) is 3.55. The molecular weight excluding hydrogens is 290 g/mol. The Kier molecular flexibility index (Phi) is 5.28. The monoisotopic (exact) mass is 313 g/mol. The summed E-state index contributed by atoms with van der Waals surface area (Å²) in [6.07, 6.45) is 0. The summed E-state index contributed by atoms with van der Waals surface area (Å²) < 4.78 is 18.1. The van der Waals surface area contributed by atoms with Gasteiger partial charge < -0.3 is 14.2 Å². The third-order valence-electron chi connectivity index (χ3n) is 3.91. The number of hydrogen-bond acceptors (Lipinski definition) is 4. The minimum absolute atomic E-state index is 0.555. The molecule has 0 amide bonds. The van der Waals surface area contributed by atoms with Crippen LogP contribution in [0.1, 0.15) is 12.5 Å². The highest BCUT2D eigenvalue weighted by Crippen LogP contribution is 2.34. The van der Waals surface area contributed by atoms with Crippen LogP contribution in [0.2, 0.25) is 0 Å². The maximum absolute atomic E-state index is 6.42. The van der Waals surface area contributed by atoms with Crippen molar-refractivity contribution in [2.45, 2.75) is 12.8 Å². The lowest BCUT2D eigenvalue weighted by atomic mass is 10.1. The van der Waals surface area contributed by atoms with Gasteiger partial charge in [-0.15, -0.1) is 0 Å². The van der Waals surface area contributed by atoms with E-state index >= 15 is 0 Å². The molecule has 122 valence electrons. The Bertz CT molecular complexity index is 584. The van der Waals surface area contributed by atoms with Crippen LogP contribution >= 0.6 is 0 Å². The van der Waals surface area contributed by atoms with Gasteiger partial charge >= 0.3 is 5.91 Å². The molecule has 1 saturated heterocycles. The van der Waals surface area contributed by atoms with Crippen molar-refractivity contribution in [2.24, 2.45) is 0 Å². The molecule has 0 saturated carbocycles. The van der Waals surface area contributed by atoms with Crippen LogP contribution in [0, 0.1) is 0 Å². The molecule has 1 fully saturated rings. The Morgan fingerprint density at radius 3 is 2.17 bits per heavy atom. The maximum Gasteiger partial charge on any atom is 0.301 e. The van der Waals surface area contributed by atoms with Crippen molar-refractivity contribution in [3.8, 4) is 5.75 Å². The number of rotatable bonds is 6. The first kappa shape index (κ1) is 16.0. The second-order valence-electron chi connectivity index (χ2n) is 5.40. The lowest BCUT2D eigenvalue weighted by molar-refractivity contribution is -0.295. The molecule has 4 nitrogen and oxygen atoms in total. The quantitative estimate of drug-likeness (QED) is 0.766. The summed E-state index contributed by atoms with van der Waals surface area (Å²) in [5.41, 5.74) is 0.993. The summed E-state index contributed by atoms with van der Waals surface area (Å²) in [6, 6.07) is 20.0. The van der Waals surface area contributed by atoms with E-state index in [2.05, 4.69) is 4.90 Å². The van der Waals surface area contributed by atoms with Crippen LogP contribution in [-0.4, -0.2) is 37.8 Å². The highest BCUT2D eigenvalue weighted by molar-refractivity contribution is 5.26. The summed E-state index contributed by atoms with van der Waals surface area (Å²) in [6.45, 7) is 5.44. The zero-order valence-corrected chi connectivity index (χ0v) is 13.5. The van der Waals surface area contributed by atoms with Crippen LogP contribution in [-0.2, 0) is 15.4 Å². The first-order valence-electron chi connectivity index (χ1n) is 8.11. The van der Waals surface area contributed by atoms with Crippen molar-refractivity contribution in [2.75, 3.05) is 32.9 Å². The zero-order valence-electron chi connectivity index (χ0n) is 13.5. The molecule has 2 aromatic carbocycles. The van der Waals surface area contributed by atoms with Gasteiger partial charge in [-0.1, -0.05) is 48.5 Å². The van der Waals surface area contributed by atoms with E-state index in [1.807, 2.05) is 67.6 Å². The Morgan fingerprint density at radius 2 is 1.57 bits per heavy atom. The second-order valence-corrected chi connectivity index (χ2v) is 5.40. The van der Waals surface area contributed by atoms with Crippen molar-refractivity contribution in [3.63, 3.8) is 0 Å². The van der Waals surface area contributed by atoms with Gasteiger partial charge in [-0.3, -0.25) is 0 Å². The van der Waals surface area contributed by atoms with Gasteiger partial charge in [0.1, 0.15) is 5.75 Å².